The molecule has 0 amide bonds. The fourth-order valence-electron chi connectivity index (χ4n) is 2.55. The molecule has 0 bridgehead atoms. The average Bonchev–Trinajstić information content (AvgIpc) is 3.08. The first-order valence-corrected chi connectivity index (χ1v) is 9.31. The van der Waals surface area contributed by atoms with Gasteiger partial charge in [-0.3, -0.25) is 4.79 Å². The number of carbonyl (C=O) groups is 1. The average molecular weight is 329 g/mol. The van der Waals surface area contributed by atoms with Crippen molar-refractivity contribution in [2.45, 2.75) is 56.3 Å². The molecule has 1 heterocycles. The molecule has 21 heavy (non-hydrogen) atoms. The first-order chi connectivity index (χ1) is 10.1. The maximum absolute atomic E-state index is 10.6. The van der Waals surface area contributed by atoms with E-state index in [1.54, 1.807) is 0 Å². The van der Waals surface area contributed by atoms with Crippen LogP contribution in [0, 0.1) is 5.92 Å². The second-order valence-electron chi connectivity index (χ2n) is 5.85. The van der Waals surface area contributed by atoms with E-state index >= 15 is 0 Å². The third-order valence-corrected chi connectivity index (χ3v) is 5.75. The number of carboxylic acid groups (broad SMARTS) is 1. The second kappa shape index (κ2) is 7.98. The second-order valence-corrected chi connectivity index (χ2v) is 8.03. The monoisotopic (exact) mass is 329 g/mol. The summed E-state index contributed by atoms with van der Waals surface area (Å²) in [4.78, 5) is 13.0. The van der Waals surface area contributed by atoms with E-state index in [9.17, 15) is 4.79 Å². The molecular formula is C14H23N3O2S2. The normalized spacial score (nSPS) is 15.8. The van der Waals surface area contributed by atoms with Crippen molar-refractivity contribution < 1.29 is 9.90 Å². The lowest BCUT2D eigenvalue weighted by molar-refractivity contribution is -0.133. The first-order valence-electron chi connectivity index (χ1n) is 7.51. The number of aliphatic carboxylic acids is 1. The van der Waals surface area contributed by atoms with Gasteiger partial charge in [-0.1, -0.05) is 49.8 Å². The van der Waals surface area contributed by atoms with Gasteiger partial charge in [-0.15, -0.1) is 10.2 Å². The molecule has 1 N–H and O–H groups in total. The van der Waals surface area contributed by atoms with Gasteiger partial charge in [-0.2, -0.15) is 0 Å². The summed E-state index contributed by atoms with van der Waals surface area (Å²) < 4.78 is 0.750. The highest BCUT2D eigenvalue weighted by atomic mass is 32.2. The molecule has 1 fully saturated rings. The maximum Gasteiger partial charge on any atom is 0.313 e. The van der Waals surface area contributed by atoms with Gasteiger partial charge in [0.2, 0.25) is 5.13 Å². The fourth-order valence-corrected chi connectivity index (χ4v) is 4.21. The standard InChI is InChI=1S/C14H23N3O2S2/c1-10(2)7-8-17(11-5-3-4-6-11)13-15-16-14(21-13)20-9-12(18)19/h10-11H,3-9H2,1-2H3,(H,18,19). The van der Waals surface area contributed by atoms with Crippen molar-refractivity contribution in [2.24, 2.45) is 5.92 Å². The quantitative estimate of drug-likeness (QED) is 0.736. The molecule has 0 spiro atoms. The van der Waals surface area contributed by atoms with Gasteiger partial charge < -0.3 is 10.0 Å². The van der Waals surface area contributed by atoms with Gasteiger partial charge in [0.15, 0.2) is 4.34 Å². The number of carboxylic acids is 1. The zero-order valence-electron chi connectivity index (χ0n) is 12.6. The third kappa shape index (κ3) is 5.14. The van der Waals surface area contributed by atoms with Crippen molar-refractivity contribution in [1.82, 2.24) is 10.2 Å². The number of aromatic nitrogens is 2. The van der Waals surface area contributed by atoms with Crippen LogP contribution in [0.3, 0.4) is 0 Å². The Bertz CT molecular complexity index is 459. The SMILES string of the molecule is CC(C)CCN(c1nnc(SCC(=O)O)s1)C1CCCC1. The van der Waals surface area contributed by atoms with Crippen LogP contribution < -0.4 is 4.90 Å². The Morgan fingerprint density at radius 1 is 1.43 bits per heavy atom. The third-order valence-electron chi connectivity index (χ3n) is 3.67. The van der Waals surface area contributed by atoms with E-state index in [1.165, 1.54) is 48.8 Å². The number of rotatable bonds is 8. The summed E-state index contributed by atoms with van der Waals surface area (Å²) in [6, 6.07) is 0.578. The van der Waals surface area contributed by atoms with E-state index in [0.717, 1.165) is 22.4 Å². The van der Waals surface area contributed by atoms with Crippen molar-refractivity contribution in [1.29, 1.82) is 0 Å². The molecule has 1 aliphatic rings. The van der Waals surface area contributed by atoms with Crippen molar-refractivity contribution in [3.05, 3.63) is 0 Å². The summed E-state index contributed by atoms with van der Waals surface area (Å²) >= 11 is 2.78. The summed E-state index contributed by atoms with van der Waals surface area (Å²) in [5, 5.41) is 18.1. The van der Waals surface area contributed by atoms with Crippen LogP contribution >= 0.6 is 23.1 Å². The lowest BCUT2D eigenvalue weighted by Gasteiger charge is -2.28. The Morgan fingerprint density at radius 3 is 2.76 bits per heavy atom. The van der Waals surface area contributed by atoms with Crippen LogP contribution in [0.4, 0.5) is 5.13 Å². The summed E-state index contributed by atoms with van der Waals surface area (Å²) in [6.07, 6.45) is 6.20. The molecule has 0 aromatic carbocycles. The molecular weight excluding hydrogens is 306 g/mol. The molecule has 0 atom stereocenters. The van der Waals surface area contributed by atoms with E-state index in [0.29, 0.717) is 12.0 Å². The predicted octanol–water partition coefficient (Wildman–Crippen LogP) is 3.51. The molecule has 1 aromatic heterocycles. The minimum absolute atomic E-state index is 0.0457. The topological polar surface area (TPSA) is 66.3 Å². The Balaban J connectivity index is 2.02. The molecule has 1 aliphatic carbocycles. The highest BCUT2D eigenvalue weighted by molar-refractivity contribution is 8.01. The van der Waals surface area contributed by atoms with Gasteiger partial charge in [-0.05, 0) is 25.2 Å². The molecule has 118 valence electrons. The molecule has 1 saturated carbocycles. The van der Waals surface area contributed by atoms with Crippen molar-refractivity contribution in [3.8, 4) is 0 Å². The van der Waals surface area contributed by atoms with E-state index in [4.69, 9.17) is 5.11 Å². The van der Waals surface area contributed by atoms with Gasteiger partial charge in [0.25, 0.3) is 0 Å². The summed E-state index contributed by atoms with van der Waals surface area (Å²) in [5.74, 6) is -0.101. The Labute approximate surface area is 134 Å². The molecule has 5 nitrogen and oxygen atoms in total. The van der Waals surface area contributed by atoms with Crippen LogP contribution in [-0.4, -0.2) is 39.6 Å². The van der Waals surface area contributed by atoms with Gasteiger partial charge >= 0.3 is 5.97 Å². The van der Waals surface area contributed by atoms with Crippen LogP contribution in [0.15, 0.2) is 4.34 Å². The van der Waals surface area contributed by atoms with Gasteiger partial charge in [0.1, 0.15) is 0 Å². The van der Waals surface area contributed by atoms with E-state index in [1.807, 2.05) is 0 Å². The van der Waals surface area contributed by atoms with Crippen LogP contribution in [-0.2, 0) is 4.79 Å². The number of hydrogen-bond donors (Lipinski definition) is 1. The molecule has 0 saturated heterocycles. The molecule has 7 heteroatoms. The van der Waals surface area contributed by atoms with Crippen molar-refractivity contribution in [3.63, 3.8) is 0 Å². The number of thioether (sulfide) groups is 1. The first kappa shape index (κ1) is 16.5. The van der Waals surface area contributed by atoms with Crippen LogP contribution in [0.25, 0.3) is 0 Å². The fraction of sp³-hybridized carbons (Fsp3) is 0.786. The molecule has 0 radical (unpaired) electrons. The van der Waals surface area contributed by atoms with Crippen LogP contribution in [0.1, 0.15) is 46.0 Å². The van der Waals surface area contributed by atoms with E-state index in [-0.39, 0.29) is 5.75 Å². The van der Waals surface area contributed by atoms with E-state index < -0.39 is 5.97 Å². The predicted molar refractivity (Wildman–Crippen MR) is 87.3 cm³/mol. The highest BCUT2D eigenvalue weighted by Crippen LogP contribution is 2.33. The molecule has 2 rings (SSSR count). The van der Waals surface area contributed by atoms with Crippen LogP contribution in [0.5, 0.6) is 0 Å². The largest absolute Gasteiger partial charge is 0.481 e. The van der Waals surface area contributed by atoms with E-state index in [2.05, 4.69) is 28.9 Å². The lowest BCUT2D eigenvalue weighted by Crippen LogP contribution is -2.34. The summed E-state index contributed by atoms with van der Waals surface area (Å²) in [6.45, 7) is 5.49. The molecule has 0 unspecified atom stereocenters. The maximum atomic E-state index is 10.6. The zero-order valence-corrected chi connectivity index (χ0v) is 14.3. The Kier molecular flexibility index (Phi) is 6.29. The Hall–Kier alpha value is -0.820. The molecule has 1 aromatic rings. The Morgan fingerprint density at radius 2 is 2.14 bits per heavy atom. The number of hydrogen-bond acceptors (Lipinski definition) is 6. The van der Waals surface area contributed by atoms with Gasteiger partial charge in [0.05, 0.1) is 5.75 Å². The van der Waals surface area contributed by atoms with Crippen molar-refractivity contribution >= 4 is 34.2 Å². The smallest absolute Gasteiger partial charge is 0.313 e. The molecule has 0 aliphatic heterocycles. The van der Waals surface area contributed by atoms with Crippen LogP contribution in [0.2, 0.25) is 0 Å². The lowest BCUT2D eigenvalue weighted by atomic mass is 10.1. The van der Waals surface area contributed by atoms with Gasteiger partial charge in [-0.25, -0.2) is 0 Å². The zero-order chi connectivity index (χ0) is 15.2. The minimum Gasteiger partial charge on any atom is -0.481 e. The number of nitrogens with zero attached hydrogens (tertiary/aromatic N) is 3. The summed E-state index contributed by atoms with van der Waals surface area (Å²) in [5.41, 5.74) is 0. The van der Waals surface area contributed by atoms with Gasteiger partial charge in [0, 0.05) is 12.6 Å². The number of anilines is 1. The minimum atomic E-state index is -0.816. The highest BCUT2D eigenvalue weighted by Gasteiger charge is 2.25. The van der Waals surface area contributed by atoms with Crippen molar-refractivity contribution in [2.75, 3.05) is 17.2 Å². The summed E-state index contributed by atoms with van der Waals surface area (Å²) in [7, 11) is 0.